The molecule has 1 fully saturated rings. The smallest absolute Gasteiger partial charge is 0.149 e. The third kappa shape index (κ3) is 1.97. The minimum Gasteiger partial charge on any atom is -0.396 e. The summed E-state index contributed by atoms with van der Waals surface area (Å²) in [4.78, 5) is 6.55. The Labute approximate surface area is 96.8 Å². The molecule has 2 rings (SSSR count). The van der Waals surface area contributed by atoms with E-state index in [1.807, 2.05) is 12.1 Å². The summed E-state index contributed by atoms with van der Waals surface area (Å²) in [6, 6.07) is 3.73. The molecule has 1 aromatic rings. The molecule has 0 amide bonds. The molecule has 0 atom stereocenters. The van der Waals surface area contributed by atoms with E-state index in [0.29, 0.717) is 5.54 Å². The van der Waals surface area contributed by atoms with Gasteiger partial charge in [0.1, 0.15) is 5.82 Å². The molecule has 0 unspecified atom stereocenters. The molecule has 0 spiro atoms. The lowest BCUT2D eigenvalue weighted by Gasteiger charge is -2.47. The van der Waals surface area contributed by atoms with Crippen LogP contribution in [0, 0.1) is 0 Å². The zero-order chi connectivity index (χ0) is 11.6. The molecule has 1 aromatic heterocycles. The van der Waals surface area contributed by atoms with E-state index in [0.717, 1.165) is 18.1 Å². The second-order valence-electron chi connectivity index (χ2n) is 4.77. The van der Waals surface area contributed by atoms with Crippen LogP contribution in [0.25, 0.3) is 0 Å². The van der Waals surface area contributed by atoms with E-state index < -0.39 is 0 Å². The number of rotatable bonds is 4. The average Bonchev–Trinajstić information content (AvgIpc) is 2.18. The first kappa shape index (κ1) is 11.2. The monoisotopic (exact) mass is 220 g/mol. The summed E-state index contributed by atoms with van der Waals surface area (Å²) in [6.45, 7) is 0.918. The van der Waals surface area contributed by atoms with E-state index in [1.165, 1.54) is 19.3 Å². The standard InChI is InChI=1S/C12H20N4/c1-16(2)12(6-4-7-12)9-15-11-10(13)5-3-8-14-11/h3,5,8H,4,6-7,9,13H2,1-2H3,(H,14,15). The Morgan fingerprint density at radius 3 is 2.75 bits per heavy atom. The minimum atomic E-state index is 0.296. The van der Waals surface area contributed by atoms with Gasteiger partial charge in [0, 0.05) is 18.3 Å². The summed E-state index contributed by atoms with van der Waals surface area (Å²) < 4.78 is 0. The lowest BCUT2D eigenvalue weighted by Crippen LogP contribution is -2.54. The van der Waals surface area contributed by atoms with Gasteiger partial charge in [0.2, 0.25) is 0 Å². The molecule has 3 N–H and O–H groups in total. The van der Waals surface area contributed by atoms with E-state index >= 15 is 0 Å². The molecule has 0 radical (unpaired) electrons. The molecule has 1 saturated carbocycles. The number of likely N-dealkylation sites (N-methyl/N-ethyl adjacent to an activating group) is 1. The van der Waals surface area contributed by atoms with Gasteiger partial charge in [-0.15, -0.1) is 0 Å². The molecule has 0 aliphatic heterocycles. The van der Waals surface area contributed by atoms with Gasteiger partial charge in [0.25, 0.3) is 0 Å². The van der Waals surface area contributed by atoms with Crippen LogP contribution in [-0.2, 0) is 0 Å². The SMILES string of the molecule is CN(C)C1(CNc2ncccc2N)CCC1. The first-order valence-electron chi connectivity index (χ1n) is 5.76. The zero-order valence-electron chi connectivity index (χ0n) is 10.0. The van der Waals surface area contributed by atoms with Gasteiger partial charge in [-0.25, -0.2) is 4.98 Å². The molecule has 4 nitrogen and oxygen atoms in total. The van der Waals surface area contributed by atoms with Crippen molar-refractivity contribution in [2.24, 2.45) is 0 Å². The van der Waals surface area contributed by atoms with Crippen molar-refractivity contribution in [2.75, 3.05) is 31.7 Å². The van der Waals surface area contributed by atoms with Gasteiger partial charge in [0.05, 0.1) is 5.69 Å². The lowest BCUT2D eigenvalue weighted by atomic mass is 9.75. The van der Waals surface area contributed by atoms with E-state index in [4.69, 9.17) is 5.73 Å². The van der Waals surface area contributed by atoms with Gasteiger partial charge in [-0.3, -0.25) is 0 Å². The maximum Gasteiger partial charge on any atom is 0.149 e. The highest BCUT2D eigenvalue weighted by atomic mass is 15.2. The largest absolute Gasteiger partial charge is 0.396 e. The number of pyridine rings is 1. The molecular formula is C12H20N4. The Morgan fingerprint density at radius 2 is 2.25 bits per heavy atom. The number of nitrogen functional groups attached to an aromatic ring is 1. The van der Waals surface area contributed by atoms with Crippen molar-refractivity contribution in [2.45, 2.75) is 24.8 Å². The van der Waals surface area contributed by atoms with Crippen LogP contribution in [0.5, 0.6) is 0 Å². The van der Waals surface area contributed by atoms with Crippen LogP contribution >= 0.6 is 0 Å². The zero-order valence-corrected chi connectivity index (χ0v) is 10.0. The summed E-state index contributed by atoms with van der Waals surface area (Å²) in [7, 11) is 4.28. The van der Waals surface area contributed by atoms with Gasteiger partial charge >= 0.3 is 0 Å². The Bertz CT molecular complexity index is 358. The minimum absolute atomic E-state index is 0.296. The molecule has 1 aliphatic rings. The molecule has 16 heavy (non-hydrogen) atoms. The average molecular weight is 220 g/mol. The van der Waals surface area contributed by atoms with E-state index in [9.17, 15) is 0 Å². The quantitative estimate of drug-likeness (QED) is 0.808. The normalized spacial score (nSPS) is 18.2. The van der Waals surface area contributed by atoms with Crippen molar-refractivity contribution in [3.63, 3.8) is 0 Å². The van der Waals surface area contributed by atoms with E-state index in [-0.39, 0.29) is 0 Å². The van der Waals surface area contributed by atoms with Crippen molar-refractivity contribution >= 4 is 11.5 Å². The summed E-state index contributed by atoms with van der Waals surface area (Å²) >= 11 is 0. The lowest BCUT2D eigenvalue weighted by molar-refractivity contribution is 0.0738. The molecule has 0 aromatic carbocycles. The predicted molar refractivity (Wildman–Crippen MR) is 67.4 cm³/mol. The first-order valence-corrected chi connectivity index (χ1v) is 5.76. The van der Waals surface area contributed by atoms with Gasteiger partial charge < -0.3 is 16.0 Å². The molecule has 1 aliphatic carbocycles. The fraction of sp³-hybridized carbons (Fsp3) is 0.583. The highest BCUT2D eigenvalue weighted by Crippen LogP contribution is 2.36. The third-order valence-electron chi connectivity index (χ3n) is 3.66. The molecule has 0 saturated heterocycles. The van der Waals surface area contributed by atoms with Gasteiger partial charge in [-0.2, -0.15) is 0 Å². The summed E-state index contributed by atoms with van der Waals surface area (Å²) in [5, 5.41) is 3.36. The second-order valence-corrected chi connectivity index (χ2v) is 4.77. The number of hydrogen-bond donors (Lipinski definition) is 2. The predicted octanol–water partition coefficient (Wildman–Crippen LogP) is 1.56. The van der Waals surface area contributed by atoms with Crippen LogP contribution in [0.1, 0.15) is 19.3 Å². The molecule has 0 bridgehead atoms. The van der Waals surface area contributed by atoms with Gasteiger partial charge in [0.15, 0.2) is 0 Å². The second kappa shape index (κ2) is 4.29. The van der Waals surface area contributed by atoms with E-state index in [1.54, 1.807) is 6.20 Å². The number of aromatic nitrogens is 1. The Hall–Kier alpha value is -1.29. The van der Waals surface area contributed by atoms with Gasteiger partial charge in [-0.1, -0.05) is 0 Å². The number of hydrogen-bond acceptors (Lipinski definition) is 4. The highest BCUT2D eigenvalue weighted by Gasteiger charge is 2.38. The van der Waals surface area contributed by atoms with Crippen LogP contribution < -0.4 is 11.1 Å². The van der Waals surface area contributed by atoms with Crippen LogP contribution in [0.4, 0.5) is 11.5 Å². The summed E-state index contributed by atoms with van der Waals surface area (Å²) in [6.07, 6.45) is 5.58. The number of nitrogens with one attached hydrogen (secondary N) is 1. The fourth-order valence-corrected chi connectivity index (χ4v) is 2.18. The van der Waals surface area contributed by atoms with Gasteiger partial charge in [-0.05, 0) is 45.5 Å². The van der Waals surface area contributed by atoms with Crippen molar-refractivity contribution in [3.05, 3.63) is 18.3 Å². The third-order valence-corrected chi connectivity index (χ3v) is 3.66. The van der Waals surface area contributed by atoms with Crippen molar-refractivity contribution in [3.8, 4) is 0 Å². The highest BCUT2D eigenvalue weighted by molar-refractivity contribution is 5.60. The van der Waals surface area contributed by atoms with Crippen LogP contribution in [0.3, 0.4) is 0 Å². The molecule has 88 valence electrons. The van der Waals surface area contributed by atoms with Crippen LogP contribution in [0.15, 0.2) is 18.3 Å². The van der Waals surface area contributed by atoms with Crippen molar-refractivity contribution < 1.29 is 0 Å². The summed E-state index contributed by atoms with van der Waals surface area (Å²) in [5.74, 6) is 0.802. The number of nitrogens with zero attached hydrogens (tertiary/aromatic N) is 2. The van der Waals surface area contributed by atoms with Crippen molar-refractivity contribution in [1.82, 2.24) is 9.88 Å². The maximum absolute atomic E-state index is 5.85. The number of nitrogens with two attached hydrogens (primary N) is 1. The Kier molecular flexibility index (Phi) is 3.01. The summed E-state index contributed by atoms with van der Waals surface area (Å²) in [5.41, 5.74) is 6.86. The maximum atomic E-state index is 5.85. The Morgan fingerprint density at radius 1 is 1.50 bits per heavy atom. The topological polar surface area (TPSA) is 54.2 Å². The van der Waals surface area contributed by atoms with Crippen LogP contribution in [0.2, 0.25) is 0 Å². The van der Waals surface area contributed by atoms with E-state index in [2.05, 4.69) is 29.3 Å². The van der Waals surface area contributed by atoms with Crippen molar-refractivity contribution in [1.29, 1.82) is 0 Å². The Balaban J connectivity index is 1.99. The fourth-order valence-electron chi connectivity index (χ4n) is 2.18. The molecule has 1 heterocycles. The van der Waals surface area contributed by atoms with Crippen LogP contribution in [-0.4, -0.2) is 36.1 Å². The first-order chi connectivity index (χ1) is 7.64. The molecule has 4 heteroatoms. The molecular weight excluding hydrogens is 200 g/mol. The number of anilines is 2.